The van der Waals surface area contributed by atoms with E-state index < -0.39 is 0 Å². The van der Waals surface area contributed by atoms with Gasteiger partial charge in [-0.05, 0) is 31.0 Å². The van der Waals surface area contributed by atoms with E-state index in [0.29, 0.717) is 0 Å². The number of aryl methyl sites for hydroxylation is 1. The fourth-order valence-corrected chi connectivity index (χ4v) is 1.48. The minimum atomic E-state index is -0.0644. The molecule has 0 bridgehead atoms. The lowest BCUT2D eigenvalue weighted by atomic mass is 10.1. The molecule has 0 saturated carbocycles. The predicted octanol–water partition coefficient (Wildman–Crippen LogP) is 3.50. The van der Waals surface area contributed by atoms with Crippen molar-refractivity contribution in [3.8, 4) is 11.8 Å². The van der Waals surface area contributed by atoms with Gasteiger partial charge in [0.1, 0.15) is 0 Å². The Bertz CT molecular complexity index is 452. The Morgan fingerprint density at radius 3 is 2.82 bits per heavy atom. The maximum Gasteiger partial charge on any atom is 0.221 e. The first kappa shape index (κ1) is 13.3. The first-order valence-corrected chi connectivity index (χ1v) is 6.00. The number of rotatable bonds is 3. The van der Waals surface area contributed by atoms with Crippen molar-refractivity contribution in [3.05, 3.63) is 29.3 Å². The van der Waals surface area contributed by atoms with Gasteiger partial charge in [-0.25, -0.2) is 0 Å². The number of hydrogen-bond donors (Lipinski definition) is 1. The van der Waals surface area contributed by atoms with Gasteiger partial charge in [-0.3, -0.25) is 4.79 Å². The zero-order valence-electron chi connectivity index (χ0n) is 10.8. The minimum absolute atomic E-state index is 0.0644. The molecule has 0 aliphatic heterocycles. The summed E-state index contributed by atoms with van der Waals surface area (Å²) in [6.45, 7) is 5.68. The number of amides is 1. The first-order valence-electron chi connectivity index (χ1n) is 6.00. The van der Waals surface area contributed by atoms with E-state index in [1.165, 1.54) is 6.92 Å². The molecule has 0 radical (unpaired) electrons. The molecule has 2 heteroatoms. The number of unbranched alkanes of at least 4 members (excludes halogenated alkanes) is 2. The zero-order chi connectivity index (χ0) is 12.7. The first-order chi connectivity index (χ1) is 8.13. The van der Waals surface area contributed by atoms with Crippen molar-refractivity contribution in [2.24, 2.45) is 0 Å². The lowest BCUT2D eigenvalue weighted by Gasteiger charge is -2.05. The Hall–Kier alpha value is -1.75. The maximum atomic E-state index is 11.1. The quantitative estimate of drug-likeness (QED) is 0.624. The molecule has 1 N–H and O–H groups in total. The molecular weight excluding hydrogens is 210 g/mol. The Morgan fingerprint density at radius 1 is 1.41 bits per heavy atom. The number of carbonyl (C=O) groups is 1. The lowest BCUT2D eigenvalue weighted by Crippen LogP contribution is -2.07. The molecule has 1 amide bonds. The fourth-order valence-electron chi connectivity index (χ4n) is 1.48. The fraction of sp³-hybridized carbons (Fsp3) is 0.400. The highest BCUT2D eigenvalue weighted by Gasteiger charge is 2.01. The summed E-state index contributed by atoms with van der Waals surface area (Å²) in [7, 11) is 0. The average Bonchev–Trinajstić information content (AvgIpc) is 2.27. The van der Waals surface area contributed by atoms with Crippen molar-refractivity contribution >= 4 is 11.6 Å². The largest absolute Gasteiger partial charge is 0.325 e. The van der Waals surface area contributed by atoms with Gasteiger partial charge in [-0.2, -0.15) is 0 Å². The highest BCUT2D eigenvalue weighted by molar-refractivity contribution is 5.90. The molecule has 17 heavy (non-hydrogen) atoms. The molecule has 0 aromatic heterocycles. The van der Waals surface area contributed by atoms with Crippen LogP contribution in [-0.2, 0) is 4.79 Å². The summed E-state index contributed by atoms with van der Waals surface area (Å²) < 4.78 is 0. The number of benzene rings is 1. The Kier molecular flexibility index (Phi) is 5.29. The van der Waals surface area contributed by atoms with Gasteiger partial charge in [0.15, 0.2) is 0 Å². The molecule has 0 fully saturated rings. The lowest BCUT2D eigenvalue weighted by molar-refractivity contribution is -0.114. The number of anilines is 1. The molecule has 1 rings (SSSR count). The van der Waals surface area contributed by atoms with Crippen molar-refractivity contribution in [3.63, 3.8) is 0 Å². The molecule has 0 heterocycles. The monoisotopic (exact) mass is 229 g/mol. The standard InChI is InChI=1S/C15H19NO/c1-4-5-6-7-8-14-11-12(2)9-10-15(14)16-13(3)17/h9-11H,4-6H2,1-3H3,(H,16,17). The van der Waals surface area contributed by atoms with Gasteiger partial charge in [0.2, 0.25) is 5.91 Å². The van der Waals surface area contributed by atoms with Crippen LogP contribution in [0.25, 0.3) is 0 Å². The van der Waals surface area contributed by atoms with E-state index in [1.54, 1.807) is 0 Å². The second-order valence-electron chi connectivity index (χ2n) is 4.14. The molecule has 0 saturated heterocycles. The van der Waals surface area contributed by atoms with Gasteiger partial charge < -0.3 is 5.32 Å². The van der Waals surface area contributed by atoms with Crippen LogP contribution in [0.2, 0.25) is 0 Å². The molecule has 0 aliphatic rings. The summed E-state index contributed by atoms with van der Waals surface area (Å²) in [5, 5.41) is 2.80. The van der Waals surface area contributed by atoms with Crippen LogP contribution in [0.4, 0.5) is 5.69 Å². The predicted molar refractivity (Wildman–Crippen MR) is 71.9 cm³/mol. The van der Waals surface area contributed by atoms with Gasteiger partial charge in [0.05, 0.1) is 5.69 Å². The molecule has 90 valence electrons. The van der Waals surface area contributed by atoms with Crippen LogP contribution in [0.3, 0.4) is 0 Å². The summed E-state index contributed by atoms with van der Waals surface area (Å²) in [5.41, 5.74) is 2.85. The van der Waals surface area contributed by atoms with Crippen LogP contribution in [0.1, 0.15) is 44.2 Å². The van der Waals surface area contributed by atoms with E-state index >= 15 is 0 Å². The highest BCUT2D eigenvalue weighted by Crippen LogP contribution is 2.16. The van der Waals surface area contributed by atoms with Gasteiger partial charge in [0.25, 0.3) is 0 Å². The average molecular weight is 229 g/mol. The normalized spacial score (nSPS) is 9.35. The van der Waals surface area contributed by atoms with Crippen molar-refractivity contribution in [2.45, 2.75) is 40.0 Å². The van der Waals surface area contributed by atoms with Gasteiger partial charge in [0, 0.05) is 18.9 Å². The van der Waals surface area contributed by atoms with Crippen molar-refractivity contribution in [1.29, 1.82) is 0 Å². The summed E-state index contributed by atoms with van der Waals surface area (Å²) in [6.07, 6.45) is 3.18. The zero-order valence-corrected chi connectivity index (χ0v) is 10.8. The summed E-state index contributed by atoms with van der Waals surface area (Å²) >= 11 is 0. The van der Waals surface area contributed by atoms with Crippen LogP contribution in [0.5, 0.6) is 0 Å². The number of hydrogen-bond acceptors (Lipinski definition) is 1. The van der Waals surface area contributed by atoms with Crippen molar-refractivity contribution in [2.75, 3.05) is 5.32 Å². The smallest absolute Gasteiger partial charge is 0.221 e. The molecule has 2 nitrogen and oxygen atoms in total. The second-order valence-corrected chi connectivity index (χ2v) is 4.14. The maximum absolute atomic E-state index is 11.1. The molecule has 0 unspecified atom stereocenters. The van der Waals surface area contributed by atoms with E-state index in [9.17, 15) is 4.79 Å². The SMILES string of the molecule is CCCCC#Cc1cc(C)ccc1NC(C)=O. The third-order valence-electron chi connectivity index (χ3n) is 2.36. The van der Waals surface area contributed by atoms with Gasteiger partial charge in [-0.15, -0.1) is 0 Å². The van der Waals surface area contributed by atoms with Gasteiger partial charge >= 0.3 is 0 Å². The molecule has 0 atom stereocenters. The van der Waals surface area contributed by atoms with Crippen molar-refractivity contribution in [1.82, 2.24) is 0 Å². The van der Waals surface area contributed by atoms with Crippen LogP contribution in [0, 0.1) is 18.8 Å². The van der Waals surface area contributed by atoms with Gasteiger partial charge in [-0.1, -0.05) is 31.3 Å². The summed E-state index contributed by atoms with van der Waals surface area (Å²) in [5.74, 6) is 6.21. The molecule has 1 aromatic carbocycles. The Morgan fingerprint density at radius 2 is 2.18 bits per heavy atom. The second kappa shape index (κ2) is 6.75. The van der Waals surface area contributed by atoms with E-state index in [4.69, 9.17) is 0 Å². The van der Waals surface area contributed by atoms with E-state index in [0.717, 1.165) is 36.1 Å². The number of carbonyl (C=O) groups excluding carboxylic acids is 1. The van der Waals surface area contributed by atoms with Crippen LogP contribution in [0.15, 0.2) is 18.2 Å². The summed E-state index contributed by atoms with van der Waals surface area (Å²) in [6, 6.07) is 5.88. The highest BCUT2D eigenvalue weighted by atomic mass is 16.1. The molecule has 0 spiro atoms. The third-order valence-corrected chi connectivity index (χ3v) is 2.36. The van der Waals surface area contributed by atoms with E-state index in [2.05, 4.69) is 24.1 Å². The summed E-state index contributed by atoms with van der Waals surface area (Å²) in [4.78, 5) is 11.1. The van der Waals surface area contributed by atoms with E-state index in [1.807, 2.05) is 25.1 Å². The third kappa shape index (κ3) is 4.74. The minimum Gasteiger partial charge on any atom is -0.325 e. The van der Waals surface area contributed by atoms with E-state index in [-0.39, 0.29) is 5.91 Å². The molecule has 0 aliphatic carbocycles. The van der Waals surface area contributed by atoms with Crippen LogP contribution >= 0.6 is 0 Å². The number of nitrogens with one attached hydrogen (secondary N) is 1. The Labute approximate surface area is 103 Å². The topological polar surface area (TPSA) is 29.1 Å². The molecular formula is C15H19NO. The molecule has 1 aromatic rings. The van der Waals surface area contributed by atoms with Crippen LogP contribution in [-0.4, -0.2) is 5.91 Å². The van der Waals surface area contributed by atoms with Crippen LogP contribution < -0.4 is 5.32 Å². The Balaban J connectivity index is 2.89. The van der Waals surface area contributed by atoms with Crippen molar-refractivity contribution < 1.29 is 4.79 Å².